The van der Waals surface area contributed by atoms with Crippen LogP contribution in [0.25, 0.3) is 0 Å². The van der Waals surface area contributed by atoms with Crippen LogP contribution in [0.15, 0.2) is 18.7 Å². The number of nitrogens with zero attached hydrogens (tertiary/aromatic N) is 2. The van der Waals surface area contributed by atoms with Crippen molar-refractivity contribution in [2.75, 3.05) is 23.7 Å². The smallest absolute Gasteiger partial charge is 0.148 e. The molecule has 0 aliphatic rings. The Bertz CT molecular complexity index is 390. The van der Waals surface area contributed by atoms with Crippen molar-refractivity contribution in [2.24, 2.45) is 0 Å². The maximum absolute atomic E-state index is 10.8. The van der Waals surface area contributed by atoms with E-state index in [1.807, 2.05) is 0 Å². The van der Waals surface area contributed by atoms with Gasteiger partial charge in [0.1, 0.15) is 23.2 Å². The van der Waals surface area contributed by atoms with Gasteiger partial charge in [-0.2, -0.15) is 0 Å². The molecule has 0 bridgehead atoms. The van der Waals surface area contributed by atoms with Gasteiger partial charge in [-0.3, -0.25) is 4.79 Å². The standard InChI is InChI=1S/C11H16N4O/c1-4-5-12-10-6-11(13-7-8(2)16)15-9(3)14-10/h4,6H,1,5,7H2,2-3H3,(H2,12,13,14,15). The highest BCUT2D eigenvalue weighted by atomic mass is 16.1. The lowest BCUT2D eigenvalue weighted by molar-refractivity contribution is -0.115. The Morgan fingerprint density at radius 1 is 1.44 bits per heavy atom. The third-order valence-electron chi connectivity index (χ3n) is 1.78. The highest BCUT2D eigenvalue weighted by Crippen LogP contribution is 2.10. The van der Waals surface area contributed by atoms with Gasteiger partial charge in [0.05, 0.1) is 6.54 Å². The van der Waals surface area contributed by atoms with E-state index in [2.05, 4.69) is 27.2 Å². The first kappa shape index (κ1) is 12.2. The molecule has 0 aliphatic heterocycles. The van der Waals surface area contributed by atoms with Gasteiger partial charge in [-0.25, -0.2) is 9.97 Å². The first-order chi connectivity index (χ1) is 7.61. The molecular formula is C11H16N4O. The lowest BCUT2D eigenvalue weighted by atomic mass is 10.4. The van der Waals surface area contributed by atoms with Crippen LogP contribution >= 0.6 is 0 Å². The normalized spacial score (nSPS) is 9.62. The predicted octanol–water partition coefficient (Wildman–Crippen LogP) is 1.38. The molecular weight excluding hydrogens is 204 g/mol. The molecule has 16 heavy (non-hydrogen) atoms. The van der Waals surface area contributed by atoms with Crippen LogP contribution in [0.5, 0.6) is 0 Å². The highest BCUT2D eigenvalue weighted by Gasteiger charge is 2.01. The molecule has 1 aromatic heterocycles. The molecule has 0 aromatic carbocycles. The van der Waals surface area contributed by atoms with Gasteiger partial charge in [-0.05, 0) is 13.8 Å². The van der Waals surface area contributed by atoms with Gasteiger partial charge in [-0.15, -0.1) is 6.58 Å². The Kier molecular flexibility index (Phi) is 4.44. The van der Waals surface area contributed by atoms with Crippen LogP contribution in [0.4, 0.5) is 11.6 Å². The number of carbonyl (C=O) groups excluding carboxylic acids is 1. The van der Waals surface area contributed by atoms with Crippen molar-refractivity contribution in [2.45, 2.75) is 13.8 Å². The van der Waals surface area contributed by atoms with E-state index in [4.69, 9.17) is 0 Å². The Labute approximate surface area is 95.0 Å². The van der Waals surface area contributed by atoms with Gasteiger partial charge in [0.2, 0.25) is 0 Å². The van der Waals surface area contributed by atoms with Gasteiger partial charge >= 0.3 is 0 Å². The summed E-state index contributed by atoms with van der Waals surface area (Å²) >= 11 is 0. The number of hydrogen-bond donors (Lipinski definition) is 2. The molecule has 0 saturated heterocycles. The second kappa shape index (κ2) is 5.85. The monoisotopic (exact) mass is 220 g/mol. The van der Waals surface area contributed by atoms with Crippen molar-refractivity contribution < 1.29 is 4.79 Å². The van der Waals surface area contributed by atoms with Crippen molar-refractivity contribution in [1.82, 2.24) is 9.97 Å². The maximum atomic E-state index is 10.8. The Hall–Kier alpha value is -1.91. The molecule has 0 fully saturated rings. The van der Waals surface area contributed by atoms with Gasteiger partial charge < -0.3 is 10.6 Å². The lowest BCUT2D eigenvalue weighted by Crippen LogP contribution is -2.12. The molecule has 0 radical (unpaired) electrons. The fraction of sp³-hybridized carbons (Fsp3) is 0.364. The van der Waals surface area contributed by atoms with Crippen LogP contribution < -0.4 is 10.6 Å². The van der Waals surface area contributed by atoms with Crippen molar-refractivity contribution >= 4 is 17.4 Å². The van der Waals surface area contributed by atoms with Crippen LogP contribution in [-0.2, 0) is 4.79 Å². The summed E-state index contributed by atoms with van der Waals surface area (Å²) in [6, 6.07) is 1.76. The molecule has 1 heterocycles. The number of nitrogens with one attached hydrogen (secondary N) is 2. The maximum Gasteiger partial charge on any atom is 0.148 e. The van der Waals surface area contributed by atoms with E-state index in [-0.39, 0.29) is 12.3 Å². The molecule has 0 amide bonds. The summed E-state index contributed by atoms with van der Waals surface area (Å²) in [7, 11) is 0. The van der Waals surface area contributed by atoms with E-state index >= 15 is 0 Å². The summed E-state index contributed by atoms with van der Waals surface area (Å²) in [6.07, 6.45) is 1.75. The number of rotatable bonds is 6. The minimum Gasteiger partial charge on any atom is -0.366 e. The van der Waals surface area contributed by atoms with E-state index in [1.165, 1.54) is 6.92 Å². The Balaban J connectivity index is 2.72. The fourth-order valence-electron chi connectivity index (χ4n) is 1.14. The predicted molar refractivity (Wildman–Crippen MR) is 64.6 cm³/mol. The summed E-state index contributed by atoms with van der Waals surface area (Å²) in [5.41, 5.74) is 0. The topological polar surface area (TPSA) is 66.9 Å². The first-order valence-corrected chi connectivity index (χ1v) is 5.05. The zero-order valence-electron chi connectivity index (χ0n) is 9.58. The molecule has 5 heteroatoms. The third kappa shape index (κ3) is 4.08. The third-order valence-corrected chi connectivity index (χ3v) is 1.78. The minimum absolute atomic E-state index is 0.0665. The van der Waals surface area contributed by atoms with Crippen LogP contribution in [0.2, 0.25) is 0 Å². The van der Waals surface area contributed by atoms with Crippen molar-refractivity contribution in [1.29, 1.82) is 0 Å². The summed E-state index contributed by atoms with van der Waals surface area (Å²) in [6.45, 7) is 7.86. The zero-order chi connectivity index (χ0) is 12.0. The van der Waals surface area contributed by atoms with Crippen molar-refractivity contribution in [3.63, 3.8) is 0 Å². The molecule has 1 aromatic rings. The molecule has 0 spiro atoms. The van der Waals surface area contributed by atoms with Crippen LogP contribution in [-0.4, -0.2) is 28.8 Å². The molecule has 2 N–H and O–H groups in total. The molecule has 0 saturated carbocycles. The second-order valence-corrected chi connectivity index (χ2v) is 3.41. The first-order valence-electron chi connectivity index (χ1n) is 5.05. The molecule has 5 nitrogen and oxygen atoms in total. The van der Waals surface area contributed by atoms with E-state index in [1.54, 1.807) is 19.1 Å². The zero-order valence-corrected chi connectivity index (χ0v) is 9.58. The summed E-state index contributed by atoms with van der Waals surface area (Å²) in [4.78, 5) is 19.2. The number of hydrogen-bond acceptors (Lipinski definition) is 5. The van der Waals surface area contributed by atoms with Gasteiger partial charge in [0, 0.05) is 12.6 Å². The minimum atomic E-state index is 0.0665. The highest BCUT2D eigenvalue weighted by molar-refractivity contribution is 5.80. The number of carbonyl (C=O) groups is 1. The summed E-state index contributed by atoms with van der Waals surface area (Å²) in [5, 5.41) is 6.00. The molecule has 1 rings (SSSR count). The second-order valence-electron chi connectivity index (χ2n) is 3.41. The van der Waals surface area contributed by atoms with Crippen molar-refractivity contribution in [3.8, 4) is 0 Å². The Morgan fingerprint density at radius 2 is 2.06 bits per heavy atom. The lowest BCUT2D eigenvalue weighted by Gasteiger charge is -2.07. The molecule has 0 atom stereocenters. The number of aromatic nitrogens is 2. The SMILES string of the molecule is C=CCNc1cc(NCC(C)=O)nc(C)n1. The average Bonchev–Trinajstić information content (AvgIpc) is 2.23. The number of Topliss-reactive ketones (excluding diaryl/α,β-unsaturated/α-hetero) is 1. The number of ketones is 1. The van der Waals surface area contributed by atoms with Gasteiger partial charge in [0.25, 0.3) is 0 Å². The van der Waals surface area contributed by atoms with E-state index in [0.717, 1.165) is 5.82 Å². The fourth-order valence-corrected chi connectivity index (χ4v) is 1.14. The Morgan fingerprint density at radius 3 is 2.62 bits per heavy atom. The van der Waals surface area contributed by atoms with Crippen LogP contribution in [0, 0.1) is 6.92 Å². The van der Waals surface area contributed by atoms with E-state index in [9.17, 15) is 4.79 Å². The van der Waals surface area contributed by atoms with E-state index in [0.29, 0.717) is 18.2 Å². The number of aryl methyl sites for hydroxylation is 1. The molecule has 86 valence electrons. The average molecular weight is 220 g/mol. The van der Waals surface area contributed by atoms with Gasteiger partial charge in [-0.1, -0.05) is 6.08 Å². The van der Waals surface area contributed by atoms with Crippen molar-refractivity contribution in [3.05, 3.63) is 24.5 Å². The summed E-state index contributed by atoms with van der Waals surface area (Å²) < 4.78 is 0. The van der Waals surface area contributed by atoms with Gasteiger partial charge in [0.15, 0.2) is 0 Å². The quantitative estimate of drug-likeness (QED) is 0.709. The number of anilines is 2. The molecule has 0 aliphatic carbocycles. The van der Waals surface area contributed by atoms with E-state index < -0.39 is 0 Å². The van der Waals surface area contributed by atoms with Crippen LogP contribution in [0.1, 0.15) is 12.7 Å². The van der Waals surface area contributed by atoms with Crippen LogP contribution in [0.3, 0.4) is 0 Å². The summed E-state index contributed by atoms with van der Waals surface area (Å²) in [5.74, 6) is 2.09. The largest absolute Gasteiger partial charge is 0.366 e. The molecule has 0 unspecified atom stereocenters.